The standard InChI is InChI=1S/C23H28AsF2O3Si2/c1-14(8-22(27)28)18-12-21(26)19(13-20(18)25)24-23(29)15-9-16(30(2,3)4)11-17(10-15)31(5,6)7/h8-13H,1-7H3,(H,27,28)/b14-8-. The van der Waals surface area contributed by atoms with Crippen molar-refractivity contribution in [1.29, 1.82) is 0 Å². The van der Waals surface area contributed by atoms with E-state index in [1.54, 1.807) is 0 Å². The van der Waals surface area contributed by atoms with Gasteiger partial charge >= 0.3 is 192 Å². The van der Waals surface area contributed by atoms with Crippen LogP contribution in [-0.4, -0.2) is 47.5 Å². The Bertz CT molecular complexity index is 1040. The first-order valence-corrected chi connectivity index (χ1v) is 18.8. The van der Waals surface area contributed by atoms with Gasteiger partial charge in [-0.3, -0.25) is 0 Å². The Balaban J connectivity index is 2.46. The molecule has 0 spiro atoms. The number of hydrogen-bond acceptors (Lipinski definition) is 2. The van der Waals surface area contributed by atoms with Crippen LogP contribution >= 0.6 is 0 Å². The monoisotopic (exact) mass is 521 g/mol. The molecule has 0 unspecified atom stereocenters. The summed E-state index contributed by atoms with van der Waals surface area (Å²) in [6.45, 7) is 14.7. The number of benzene rings is 2. The van der Waals surface area contributed by atoms with E-state index in [-0.39, 0.29) is 20.1 Å². The van der Waals surface area contributed by atoms with Crippen LogP contribution in [0.1, 0.15) is 22.8 Å². The molecule has 2 rings (SSSR count). The topological polar surface area (TPSA) is 54.4 Å². The summed E-state index contributed by atoms with van der Waals surface area (Å²) in [6, 6.07) is 8.09. The molecular formula is C23H28AsF2O3Si2. The first-order chi connectivity index (χ1) is 14.1. The molecule has 165 valence electrons. The van der Waals surface area contributed by atoms with Gasteiger partial charge < -0.3 is 0 Å². The van der Waals surface area contributed by atoms with Gasteiger partial charge in [0, 0.05) is 0 Å². The van der Waals surface area contributed by atoms with E-state index in [0.29, 0.717) is 5.56 Å². The van der Waals surface area contributed by atoms with Crippen molar-refractivity contribution in [2.45, 2.75) is 46.2 Å². The van der Waals surface area contributed by atoms with Gasteiger partial charge in [-0.25, -0.2) is 0 Å². The Morgan fingerprint density at radius 2 is 1.39 bits per heavy atom. The number of carbonyl (C=O) groups excluding carboxylic acids is 1. The van der Waals surface area contributed by atoms with Crippen LogP contribution in [0.15, 0.2) is 36.4 Å². The molecule has 0 bridgehead atoms. The van der Waals surface area contributed by atoms with Crippen LogP contribution in [0.3, 0.4) is 0 Å². The van der Waals surface area contributed by atoms with E-state index in [1.807, 2.05) is 12.1 Å². The number of aliphatic carboxylic acids is 1. The van der Waals surface area contributed by atoms with Crippen LogP contribution in [0, 0.1) is 11.6 Å². The number of carboxylic acid groups (broad SMARTS) is 1. The van der Waals surface area contributed by atoms with E-state index in [0.717, 1.165) is 18.2 Å². The summed E-state index contributed by atoms with van der Waals surface area (Å²) in [5.74, 6) is -2.65. The van der Waals surface area contributed by atoms with Crippen LogP contribution in [0.2, 0.25) is 39.3 Å². The van der Waals surface area contributed by atoms with Crippen molar-refractivity contribution in [3.05, 3.63) is 59.2 Å². The number of hydrogen-bond donors (Lipinski definition) is 1. The first kappa shape index (κ1) is 25.4. The summed E-state index contributed by atoms with van der Waals surface area (Å²) < 4.78 is 29.1. The molecule has 1 N–H and O–H groups in total. The maximum absolute atomic E-state index is 14.7. The van der Waals surface area contributed by atoms with Crippen molar-refractivity contribution in [2.24, 2.45) is 0 Å². The van der Waals surface area contributed by atoms with E-state index in [9.17, 15) is 18.4 Å². The van der Waals surface area contributed by atoms with Gasteiger partial charge in [-0.1, -0.05) is 0 Å². The average molecular weight is 522 g/mol. The second-order valence-electron chi connectivity index (χ2n) is 9.67. The number of carbonyl (C=O) groups is 2. The van der Waals surface area contributed by atoms with Crippen molar-refractivity contribution in [2.75, 3.05) is 0 Å². The third-order valence-corrected chi connectivity index (χ3v) is 11.2. The van der Waals surface area contributed by atoms with Gasteiger partial charge in [0.15, 0.2) is 0 Å². The number of carboxylic acids is 1. The van der Waals surface area contributed by atoms with E-state index >= 15 is 0 Å². The van der Waals surface area contributed by atoms with E-state index in [2.05, 4.69) is 45.3 Å². The molecule has 2 aromatic carbocycles. The molecule has 31 heavy (non-hydrogen) atoms. The molecule has 0 amide bonds. The Labute approximate surface area is 191 Å². The summed E-state index contributed by atoms with van der Waals surface area (Å²) in [7, 11) is -3.35. The normalized spacial score (nSPS) is 13.1. The zero-order valence-corrected chi connectivity index (χ0v) is 22.8. The second-order valence-corrected chi connectivity index (χ2v) is 22.2. The quantitative estimate of drug-likeness (QED) is 0.447. The van der Waals surface area contributed by atoms with Crippen LogP contribution in [0.5, 0.6) is 0 Å². The molecule has 0 heterocycles. The minimum atomic E-state index is -1.67. The predicted molar refractivity (Wildman–Crippen MR) is 130 cm³/mol. The minimum absolute atomic E-state index is 0.0542. The Morgan fingerprint density at radius 1 is 0.871 bits per heavy atom. The molecule has 1 radical (unpaired) electrons. The van der Waals surface area contributed by atoms with Crippen molar-refractivity contribution < 1.29 is 23.5 Å². The predicted octanol–water partition coefficient (Wildman–Crippen LogP) is 3.71. The number of rotatable bonds is 7. The summed E-state index contributed by atoms with van der Waals surface area (Å²) in [4.78, 5) is 23.9. The summed E-state index contributed by atoms with van der Waals surface area (Å²) in [5.41, 5.74) is 0.572. The van der Waals surface area contributed by atoms with Gasteiger partial charge in [0.25, 0.3) is 0 Å². The van der Waals surface area contributed by atoms with Gasteiger partial charge in [0.1, 0.15) is 0 Å². The Morgan fingerprint density at radius 3 is 1.84 bits per heavy atom. The fraction of sp³-hybridized carbons (Fsp3) is 0.304. The molecule has 0 aliphatic heterocycles. The molecule has 8 heteroatoms. The fourth-order valence-electron chi connectivity index (χ4n) is 2.98. The molecular weight excluding hydrogens is 493 g/mol. The first-order valence-electron chi connectivity index (χ1n) is 9.92. The van der Waals surface area contributed by atoms with Crippen LogP contribution in [-0.2, 0) is 4.79 Å². The summed E-state index contributed by atoms with van der Waals surface area (Å²) in [6.07, 6.45) is 0.830. The van der Waals surface area contributed by atoms with E-state index < -0.39 is 49.5 Å². The zero-order chi connectivity index (χ0) is 23.7. The summed E-state index contributed by atoms with van der Waals surface area (Å²) >= 11 is -1.28. The molecule has 0 saturated heterocycles. The van der Waals surface area contributed by atoms with Gasteiger partial charge in [0.05, 0.1) is 0 Å². The summed E-state index contributed by atoms with van der Waals surface area (Å²) in [5, 5.41) is 11.2. The van der Waals surface area contributed by atoms with Gasteiger partial charge in [-0.2, -0.15) is 0 Å². The molecule has 0 aromatic heterocycles. The Hall–Kier alpha value is -1.83. The van der Waals surface area contributed by atoms with Gasteiger partial charge in [-0.15, -0.1) is 0 Å². The molecule has 0 fully saturated rings. The third kappa shape index (κ3) is 6.58. The van der Waals surface area contributed by atoms with E-state index in [1.165, 1.54) is 17.3 Å². The van der Waals surface area contributed by atoms with Crippen molar-refractivity contribution in [1.82, 2.24) is 0 Å². The molecule has 2 aromatic rings. The third-order valence-electron chi connectivity index (χ3n) is 4.94. The number of allylic oxidation sites excluding steroid dienone is 1. The SMILES string of the molecule is C/C(=C/C(=O)O)c1cc(F)c([As]C(=O)c2cc([Si](C)(C)C)cc([Si](C)(C)C)c2)cc1F. The molecule has 0 saturated carbocycles. The van der Waals surface area contributed by atoms with Gasteiger partial charge in [-0.05, 0) is 0 Å². The molecule has 0 aliphatic carbocycles. The maximum atomic E-state index is 14.7. The zero-order valence-electron chi connectivity index (χ0n) is 18.9. The van der Waals surface area contributed by atoms with E-state index in [4.69, 9.17) is 5.11 Å². The van der Waals surface area contributed by atoms with Crippen molar-refractivity contribution >= 4 is 62.7 Å². The van der Waals surface area contributed by atoms with Crippen LogP contribution in [0.25, 0.3) is 5.57 Å². The van der Waals surface area contributed by atoms with Crippen molar-refractivity contribution in [3.8, 4) is 0 Å². The van der Waals surface area contributed by atoms with Gasteiger partial charge in [0.2, 0.25) is 0 Å². The van der Waals surface area contributed by atoms with Crippen LogP contribution < -0.4 is 14.7 Å². The fourth-order valence-corrected chi connectivity index (χ4v) is 7.21. The number of halogens is 2. The molecule has 0 aliphatic rings. The molecule has 3 nitrogen and oxygen atoms in total. The molecule has 0 atom stereocenters. The Kier molecular flexibility index (Phi) is 7.67. The average Bonchev–Trinajstić information content (AvgIpc) is 2.61. The second kappa shape index (κ2) is 9.35. The van der Waals surface area contributed by atoms with Crippen molar-refractivity contribution in [3.63, 3.8) is 0 Å². The van der Waals surface area contributed by atoms with Crippen LogP contribution in [0.4, 0.5) is 8.78 Å².